The van der Waals surface area contributed by atoms with Gasteiger partial charge in [-0.25, -0.2) is 0 Å². The van der Waals surface area contributed by atoms with Crippen LogP contribution in [0, 0.1) is 11.8 Å². The van der Waals surface area contributed by atoms with Crippen molar-refractivity contribution in [3.63, 3.8) is 0 Å². The number of carboxylic acid groups (broad SMARTS) is 4. The largest absolute Gasteiger partial charge is 0.480 e. The highest BCUT2D eigenvalue weighted by Gasteiger charge is 2.20. The third-order valence-electron chi connectivity index (χ3n) is 3.79. The molecule has 184 valence electrons. The van der Waals surface area contributed by atoms with Crippen molar-refractivity contribution >= 4 is 23.9 Å². The fourth-order valence-electron chi connectivity index (χ4n) is 1.79. The average Bonchev–Trinajstić information content (AvgIpc) is 3.16. The SMILES string of the molecule is CC(C)C(N)C(=O)O.CC(C)CC(N)C(=O)O.CC(N)C(=O)O.O=C(O)[C@@H]1CCCN1. The summed E-state index contributed by atoms with van der Waals surface area (Å²) in [5, 5.41) is 35.6. The smallest absolute Gasteiger partial charge is 0.320 e. The Labute approximate surface area is 183 Å². The van der Waals surface area contributed by atoms with Crippen LogP contribution in [0.3, 0.4) is 0 Å². The van der Waals surface area contributed by atoms with Crippen molar-refractivity contribution in [2.75, 3.05) is 6.54 Å². The molecule has 1 saturated heterocycles. The van der Waals surface area contributed by atoms with Gasteiger partial charge in [0.1, 0.15) is 24.2 Å². The fraction of sp³-hybridized carbons (Fsp3) is 0.789. The lowest BCUT2D eigenvalue weighted by molar-refractivity contribution is -0.140. The number of nitrogens with one attached hydrogen (secondary N) is 1. The first-order chi connectivity index (χ1) is 14.0. The van der Waals surface area contributed by atoms with Gasteiger partial charge in [0, 0.05) is 0 Å². The van der Waals surface area contributed by atoms with E-state index in [1.54, 1.807) is 13.8 Å². The van der Waals surface area contributed by atoms with E-state index in [0.717, 1.165) is 19.4 Å². The minimum absolute atomic E-state index is 0.0208. The maximum Gasteiger partial charge on any atom is 0.320 e. The molecule has 3 unspecified atom stereocenters. The number of hydrogen-bond donors (Lipinski definition) is 8. The topological polar surface area (TPSA) is 239 Å². The maximum absolute atomic E-state index is 10.1. The molecule has 0 aliphatic carbocycles. The van der Waals surface area contributed by atoms with Gasteiger partial charge in [0.05, 0.1) is 0 Å². The summed E-state index contributed by atoms with van der Waals surface area (Å²) >= 11 is 0. The summed E-state index contributed by atoms with van der Waals surface area (Å²) in [7, 11) is 0. The van der Waals surface area contributed by atoms with Crippen LogP contribution in [0.2, 0.25) is 0 Å². The zero-order chi connectivity index (χ0) is 25.3. The van der Waals surface area contributed by atoms with Crippen LogP contribution in [0.25, 0.3) is 0 Å². The Kier molecular flexibility index (Phi) is 19.9. The Bertz CT molecular complexity index is 523. The Morgan fingerprint density at radius 3 is 1.42 bits per heavy atom. The molecule has 11 N–H and O–H groups in total. The molecule has 0 aromatic rings. The molecule has 1 fully saturated rings. The van der Waals surface area contributed by atoms with Gasteiger partial charge in [0.25, 0.3) is 0 Å². The predicted octanol–water partition coefficient (Wildman–Crippen LogP) is -0.260. The van der Waals surface area contributed by atoms with Gasteiger partial charge in [-0.05, 0) is 44.6 Å². The number of carbonyl (C=O) groups is 4. The maximum atomic E-state index is 10.1. The van der Waals surface area contributed by atoms with Gasteiger partial charge in [-0.2, -0.15) is 0 Å². The number of carboxylic acids is 4. The van der Waals surface area contributed by atoms with Crippen molar-refractivity contribution < 1.29 is 39.6 Å². The van der Waals surface area contributed by atoms with Gasteiger partial charge in [-0.1, -0.05) is 27.7 Å². The molecule has 0 aromatic heterocycles. The van der Waals surface area contributed by atoms with Gasteiger partial charge in [-0.15, -0.1) is 0 Å². The molecular formula is C19H40N4O8. The first-order valence-electron chi connectivity index (χ1n) is 9.95. The number of nitrogens with two attached hydrogens (primary N) is 3. The lowest BCUT2D eigenvalue weighted by atomic mass is 10.1. The summed E-state index contributed by atoms with van der Waals surface area (Å²) in [6.07, 6.45) is 2.33. The van der Waals surface area contributed by atoms with Crippen molar-refractivity contribution in [2.24, 2.45) is 29.0 Å². The minimum Gasteiger partial charge on any atom is -0.480 e. The molecule has 1 heterocycles. The minimum atomic E-state index is -0.963. The van der Waals surface area contributed by atoms with E-state index < -0.39 is 42.0 Å². The van der Waals surface area contributed by atoms with Crippen molar-refractivity contribution in [3.8, 4) is 0 Å². The van der Waals surface area contributed by atoms with Gasteiger partial charge >= 0.3 is 23.9 Å². The van der Waals surface area contributed by atoms with E-state index in [1.165, 1.54) is 6.92 Å². The fourth-order valence-corrected chi connectivity index (χ4v) is 1.79. The Hall–Kier alpha value is -2.28. The molecule has 0 spiro atoms. The molecule has 1 aliphatic heterocycles. The summed E-state index contributed by atoms with van der Waals surface area (Å²) in [6.45, 7) is 9.72. The highest BCUT2D eigenvalue weighted by atomic mass is 16.4. The molecule has 4 atom stereocenters. The molecule has 0 amide bonds. The quantitative estimate of drug-likeness (QED) is 0.249. The first-order valence-corrected chi connectivity index (χ1v) is 9.95. The molecule has 0 aromatic carbocycles. The molecule has 1 rings (SSSR count). The summed E-state index contributed by atoms with van der Waals surface area (Å²) in [4.78, 5) is 39.8. The molecule has 12 heteroatoms. The number of aliphatic carboxylic acids is 4. The number of rotatable bonds is 7. The lowest BCUT2D eigenvalue weighted by Crippen LogP contribution is -2.34. The molecule has 0 bridgehead atoms. The van der Waals surface area contributed by atoms with E-state index in [4.69, 9.17) is 37.6 Å². The van der Waals surface area contributed by atoms with E-state index >= 15 is 0 Å². The molecule has 12 nitrogen and oxygen atoms in total. The third-order valence-corrected chi connectivity index (χ3v) is 3.79. The molecule has 1 aliphatic rings. The molecule has 0 saturated carbocycles. The van der Waals surface area contributed by atoms with E-state index in [0.29, 0.717) is 12.3 Å². The second-order valence-electron chi connectivity index (χ2n) is 7.80. The monoisotopic (exact) mass is 452 g/mol. The summed E-state index contributed by atoms with van der Waals surface area (Å²) in [6, 6.07) is -2.40. The van der Waals surface area contributed by atoms with Crippen LogP contribution in [0.5, 0.6) is 0 Å². The van der Waals surface area contributed by atoms with E-state index in [-0.39, 0.29) is 12.0 Å². The highest BCUT2D eigenvalue weighted by Crippen LogP contribution is 2.03. The van der Waals surface area contributed by atoms with Crippen molar-refractivity contribution in [1.29, 1.82) is 0 Å². The lowest BCUT2D eigenvalue weighted by Gasteiger charge is -2.07. The van der Waals surface area contributed by atoms with E-state index in [2.05, 4.69) is 5.32 Å². The van der Waals surface area contributed by atoms with Crippen LogP contribution in [0.15, 0.2) is 0 Å². The van der Waals surface area contributed by atoms with Crippen LogP contribution in [0.1, 0.15) is 53.9 Å². The van der Waals surface area contributed by atoms with Gasteiger partial charge < -0.3 is 42.9 Å². The van der Waals surface area contributed by atoms with Crippen LogP contribution in [0.4, 0.5) is 0 Å². The van der Waals surface area contributed by atoms with Crippen molar-refractivity contribution in [3.05, 3.63) is 0 Å². The van der Waals surface area contributed by atoms with Crippen LogP contribution in [-0.2, 0) is 19.2 Å². The zero-order valence-corrected chi connectivity index (χ0v) is 18.9. The predicted molar refractivity (Wildman–Crippen MR) is 115 cm³/mol. The van der Waals surface area contributed by atoms with Crippen LogP contribution in [-0.4, -0.2) is 75.0 Å². The second-order valence-corrected chi connectivity index (χ2v) is 7.80. The molecule has 0 radical (unpaired) electrons. The van der Waals surface area contributed by atoms with E-state index in [9.17, 15) is 19.2 Å². The van der Waals surface area contributed by atoms with Gasteiger partial charge in [0.15, 0.2) is 0 Å². The van der Waals surface area contributed by atoms with Crippen molar-refractivity contribution in [2.45, 2.75) is 78.0 Å². The summed E-state index contributed by atoms with van der Waals surface area (Å²) < 4.78 is 0. The summed E-state index contributed by atoms with van der Waals surface area (Å²) in [5.74, 6) is -3.15. The number of hydrogen-bond acceptors (Lipinski definition) is 8. The van der Waals surface area contributed by atoms with Crippen LogP contribution < -0.4 is 22.5 Å². The zero-order valence-electron chi connectivity index (χ0n) is 18.9. The average molecular weight is 453 g/mol. The highest BCUT2D eigenvalue weighted by molar-refractivity contribution is 5.74. The first kappa shape index (κ1) is 33.4. The second kappa shape index (κ2) is 18.5. The van der Waals surface area contributed by atoms with Gasteiger partial charge in [0.2, 0.25) is 0 Å². The standard InChI is InChI=1S/C6H13NO2.C5H9NO2.C5H11NO2.C3H7NO2/c1-4(2)3-5(7)6(8)9;7-5(8)4-2-1-3-6-4;1-3(2)4(6)5(7)8;1-2(4)3(5)6/h4-5H,3,7H2,1-2H3,(H,8,9);4,6H,1-3H2,(H,7,8);3-4H,6H2,1-2H3,(H,7,8);2H,4H2,1H3,(H,5,6)/t;4-;;/m.0../s1. The Morgan fingerprint density at radius 1 is 0.871 bits per heavy atom. The molecule has 31 heavy (non-hydrogen) atoms. The molecular weight excluding hydrogens is 412 g/mol. The Balaban J connectivity index is -0.000000340. The van der Waals surface area contributed by atoms with Gasteiger partial charge in [-0.3, -0.25) is 19.2 Å². The van der Waals surface area contributed by atoms with Crippen LogP contribution >= 0.6 is 0 Å². The van der Waals surface area contributed by atoms with Crippen molar-refractivity contribution in [1.82, 2.24) is 5.32 Å². The third kappa shape index (κ3) is 22.2. The summed E-state index contributed by atoms with van der Waals surface area (Å²) in [5.41, 5.74) is 15.2. The normalized spacial score (nSPS) is 17.5. The van der Waals surface area contributed by atoms with E-state index in [1.807, 2.05) is 13.8 Å². The Morgan fingerprint density at radius 2 is 1.32 bits per heavy atom.